The molecule has 0 saturated carbocycles. The van der Waals surface area contributed by atoms with Crippen LogP contribution in [0.4, 0.5) is 0 Å². The van der Waals surface area contributed by atoms with Crippen LogP contribution in [0.2, 0.25) is 0 Å². The van der Waals surface area contributed by atoms with E-state index >= 15 is 0 Å². The minimum Gasteiger partial charge on any atom is -0.508 e. The number of aromatic hydroxyl groups is 1. The standard InChI is InChI=1S/C22H31NO2/c1-16(2)23(17(3)4)13-12-20(19-8-6-5-7-9-19)21-14-18(15-24)10-11-22(21)25/h5-11,14,16-17,20,24-25H,12-13,15H2,1-4H3/p+1. The lowest BCUT2D eigenvalue weighted by Crippen LogP contribution is -3.17. The first-order valence-corrected chi connectivity index (χ1v) is 9.27. The van der Waals surface area contributed by atoms with Crippen molar-refractivity contribution in [3.63, 3.8) is 0 Å². The highest BCUT2D eigenvalue weighted by Gasteiger charge is 2.23. The molecule has 0 heterocycles. The van der Waals surface area contributed by atoms with Crippen LogP contribution in [0.1, 0.15) is 56.7 Å². The maximum atomic E-state index is 10.5. The van der Waals surface area contributed by atoms with E-state index in [2.05, 4.69) is 39.8 Å². The van der Waals surface area contributed by atoms with Crippen molar-refractivity contribution < 1.29 is 15.1 Å². The third-order valence-electron chi connectivity index (χ3n) is 5.06. The van der Waals surface area contributed by atoms with E-state index in [1.54, 1.807) is 17.0 Å². The Morgan fingerprint density at radius 3 is 2.12 bits per heavy atom. The molecule has 0 fully saturated rings. The highest BCUT2D eigenvalue weighted by atomic mass is 16.3. The average Bonchev–Trinajstić information content (AvgIpc) is 2.59. The number of benzene rings is 2. The molecule has 0 radical (unpaired) electrons. The summed E-state index contributed by atoms with van der Waals surface area (Å²) >= 11 is 0. The number of hydrogen-bond acceptors (Lipinski definition) is 2. The fraction of sp³-hybridized carbons (Fsp3) is 0.455. The van der Waals surface area contributed by atoms with Crippen molar-refractivity contribution in [2.24, 2.45) is 0 Å². The second kappa shape index (κ2) is 9.02. The van der Waals surface area contributed by atoms with Gasteiger partial charge in [-0.3, -0.25) is 0 Å². The molecule has 2 rings (SSSR count). The van der Waals surface area contributed by atoms with E-state index in [0.717, 1.165) is 24.1 Å². The average molecular weight is 343 g/mol. The Hall–Kier alpha value is -1.84. The number of phenols is 1. The van der Waals surface area contributed by atoms with Gasteiger partial charge in [-0.15, -0.1) is 0 Å². The fourth-order valence-electron chi connectivity index (χ4n) is 3.72. The SMILES string of the molecule is CC(C)[NH+](CCC(c1ccccc1)c1cc(CO)ccc1O)C(C)C. The number of quaternary nitrogens is 1. The van der Waals surface area contributed by atoms with Crippen molar-refractivity contribution in [2.45, 2.75) is 58.7 Å². The van der Waals surface area contributed by atoms with Crippen LogP contribution in [-0.2, 0) is 6.61 Å². The van der Waals surface area contributed by atoms with Gasteiger partial charge in [0.05, 0.1) is 25.2 Å². The first-order valence-electron chi connectivity index (χ1n) is 9.27. The van der Waals surface area contributed by atoms with Gasteiger partial charge in [-0.1, -0.05) is 36.4 Å². The molecule has 2 aromatic carbocycles. The Morgan fingerprint density at radius 2 is 1.56 bits per heavy atom. The van der Waals surface area contributed by atoms with Crippen LogP contribution in [0.5, 0.6) is 5.75 Å². The van der Waals surface area contributed by atoms with Crippen LogP contribution in [0.15, 0.2) is 48.5 Å². The van der Waals surface area contributed by atoms with Gasteiger partial charge in [-0.2, -0.15) is 0 Å². The largest absolute Gasteiger partial charge is 0.508 e. The Kier molecular flexibility index (Phi) is 7.03. The highest BCUT2D eigenvalue weighted by molar-refractivity contribution is 5.43. The van der Waals surface area contributed by atoms with E-state index in [0.29, 0.717) is 17.8 Å². The van der Waals surface area contributed by atoms with Crippen LogP contribution in [0, 0.1) is 0 Å². The van der Waals surface area contributed by atoms with E-state index < -0.39 is 0 Å². The van der Waals surface area contributed by atoms with Crippen molar-refractivity contribution in [3.05, 3.63) is 65.2 Å². The normalized spacial score (nSPS) is 13.0. The molecule has 0 bridgehead atoms. The molecule has 3 N–H and O–H groups in total. The van der Waals surface area contributed by atoms with Gasteiger partial charge in [-0.05, 0) is 51.0 Å². The molecule has 25 heavy (non-hydrogen) atoms. The van der Waals surface area contributed by atoms with E-state index in [1.165, 1.54) is 5.56 Å². The summed E-state index contributed by atoms with van der Waals surface area (Å²) in [7, 11) is 0. The number of phenolic OH excluding ortho intramolecular Hbond substituents is 1. The maximum Gasteiger partial charge on any atom is 0.119 e. The Balaban J connectivity index is 2.35. The van der Waals surface area contributed by atoms with Gasteiger partial charge in [0.1, 0.15) is 5.75 Å². The Morgan fingerprint density at radius 1 is 0.920 bits per heavy atom. The van der Waals surface area contributed by atoms with E-state index in [4.69, 9.17) is 0 Å². The second-order valence-electron chi connectivity index (χ2n) is 7.44. The van der Waals surface area contributed by atoms with Gasteiger partial charge in [0, 0.05) is 17.9 Å². The first-order chi connectivity index (χ1) is 11.9. The molecule has 136 valence electrons. The van der Waals surface area contributed by atoms with Crippen molar-refractivity contribution in [2.75, 3.05) is 6.54 Å². The summed E-state index contributed by atoms with van der Waals surface area (Å²) in [6.07, 6.45) is 0.956. The number of rotatable bonds is 8. The third-order valence-corrected chi connectivity index (χ3v) is 5.06. The van der Waals surface area contributed by atoms with Crippen molar-refractivity contribution in [1.29, 1.82) is 0 Å². The number of aliphatic hydroxyl groups is 1. The van der Waals surface area contributed by atoms with Gasteiger partial charge >= 0.3 is 0 Å². The minimum absolute atomic E-state index is 0.00977. The summed E-state index contributed by atoms with van der Waals surface area (Å²) < 4.78 is 0. The first kappa shape index (κ1) is 19.5. The summed E-state index contributed by atoms with van der Waals surface area (Å²) in [4.78, 5) is 1.57. The van der Waals surface area contributed by atoms with Gasteiger partial charge < -0.3 is 15.1 Å². The number of nitrogens with one attached hydrogen (secondary N) is 1. The van der Waals surface area contributed by atoms with Crippen molar-refractivity contribution in [1.82, 2.24) is 0 Å². The monoisotopic (exact) mass is 342 g/mol. The predicted octanol–water partition coefficient (Wildman–Crippen LogP) is 3.11. The van der Waals surface area contributed by atoms with Crippen LogP contribution < -0.4 is 4.90 Å². The molecule has 1 atom stereocenters. The van der Waals surface area contributed by atoms with Gasteiger partial charge in [-0.25, -0.2) is 0 Å². The summed E-state index contributed by atoms with van der Waals surface area (Å²) in [6.45, 7) is 10.1. The van der Waals surface area contributed by atoms with Gasteiger partial charge in [0.2, 0.25) is 0 Å². The summed E-state index contributed by atoms with van der Waals surface area (Å²) in [5, 5.41) is 19.9. The quantitative estimate of drug-likeness (QED) is 0.690. The molecule has 0 amide bonds. The molecule has 0 aromatic heterocycles. The Labute approximate surface area is 151 Å². The predicted molar refractivity (Wildman–Crippen MR) is 103 cm³/mol. The molecule has 2 aromatic rings. The van der Waals surface area contributed by atoms with Crippen molar-refractivity contribution >= 4 is 0 Å². The fourth-order valence-corrected chi connectivity index (χ4v) is 3.72. The number of hydrogen-bond donors (Lipinski definition) is 3. The Bertz CT molecular complexity index is 644. The van der Waals surface area contributed by atoms with Gasteiger partial charge in [0.25, 0.3) is 0 Å². The van der Waals surface area contributed by atoms with Crippen LogP contribution in [0.25, 0.3) is 0 Å². The molecule has 0 saturated heterocycles. The van der Waals surface area contributed by atoms with Crippen LogP contribution in [-0.4, -0.2) is 28.8 Å². The van der Waals surface area contributed by atoms with Crippen LogP contribution >= 0.6 is 0 Å². The molecule has 0 aliphatic rings. The highest BCUT2D eigenvalue weighted by Crippen LogP contribution is 2.34. The number of aliphatic hydroxyl groups excluding tert-OH is 1. The summed E-state index contributed by atoms with van der Waals surface area (Å²) in [6, 6.07) is 16.9. The molecule has 0 aliphatic carbocycles. The molecule has 0 aliphatic heterocycles. The molecular formula is C22H32NO2+. The molecule has 0 spiro atoms. The lowest BCUT2D eigenvalue weighted by atomic mass is 9.86. The van der Waals surface area contributed by atoms with Crippen molar-refractivity contribution in [3.8, 4) is 5.75 Å². The maximum absolute atomic E-state index is 10.5. The van der Waals surface area contributed by atoms with E-state index in [9.17, 15) is 10.2 Å². The lowest BCUT2D eigenvalue weighted by molar-refractivity contribution is -0.942. The third kappa shape index (κ3) is 5.07. The zero-order valence-corrected chi connectivity index (χ0v) is 15.9. The van der Waals surface area contributed by atoms with E-state index in [1.807, 2.05) is 24.3 Å². The van der Waals surface area contributed by atoms with Gasteiger partial charge in [0.15, 0.2) is 0 Å². The molecular weight excluding hydrogens is 310 g/mol. The molecule has 3 nitrogen and oxygen atoms in total. The smallest absolute Gasteiger partial charge is 0.119 e. The zero-order chi connectivity index (χ0) is 18.4. The summed E-state index contributed by atoms with van der Waals surface area (Å²) in [5.41, 5.74) is 2.95. The van der Waals surface area contributed by atoms with E-state index in [-0.39, 0.29) is 12.5 Å². The minimum atomic E-state index is -0.00977. The zero-order valence-electron chi connectivity index (χ0n) is 15.9. The molecule has 3 heteroatoms. The van der Waals surface area contributed by atoms with Crippen LogP contribution in [0.3, 0.4) is 0 Å². The lowest BCUT2D eigenvalue weighted by Gasteiger charge is -2.29. The summed E-state index contributed by atoms with van der Waals surface area (Å²) in [5.74, 6) is 0.432. The molecule has 1 unspecified atom stereocenters. The topological polar surface area (TPSA) is 44.9 Å². The second-order valence-corrected chi connectivity index (χ2v) is 7.44.